The highest BCUT2D eigenvalue weighted by atomic mass is 32.2. The second-order valence-corrected chi connectivity index (χ2v) is 9.13. The van der Waals surface area contributed by atoms with Crippen molar-refractivity contribution < 1.29 is 19.0 Å². The van der Waals surface area contributed by atoms with Crippen molar-refractivity contribution in [3.05, 3.63) is 42.1 Å². The summed E-state index contributed by atoms with van der Waals surface area (Å²) in [6, 6.07) is 9.38. The van der Waals surface area contributed by atoms with Crippen molar-refractivity contribution in [2.45, 2.75) is 38.5 Å². The van der Waals surface area contributed by atoms with Crippen molar-refractivity contribution in [2.24, 2.45) is 0 Å². The van der Waals surface area contributed by atoms with E-state index in [2.05, 4.69) is 4.98 Å². The molecule has 8 heteroatoms. The third-order valence-electron chi connectivity index (χ3n) is 4.52. The van der Waals surface area contributed by atoms with Gasteiger partial charge in [-0.15, -0.1) is 0 Å². The second-order valence-electron chi connectivity index (χ2n) is 7.73. The van der Waals surface area contributed by atoms with Crippen molar-refractivity contribution in [1.29, 1.82) is 0 Å². The van der Waals surface area contributed by atoms with Gasteiger partial charge in [-0.25, -0.2) is 4.79 Å². The molecule has 1 aromatic carbocycles. The van der Waals surface area contributed by atoms with E-state index in [1.54, 1.807) is 11.1 Å². The van der Waals surface area contributed by atoms with Gasteiger partial charge in [-0.05, 0) is 51.4 Å². The van der Waals surface area contributed by atoms with Crippen LogP contribution in [0.15, 0.2) is 36.5 Å². The molecule has 1 amide bonds. The van der Waals surface area contributed by atoms with Crippen molar-refractivity contribution in [2.75, 3.05) is 26.0 Å². The topological polar surface area (TPSA) is 60.9 Å². The molecule has 6 nitrogen and oxygen atoms in total. The zero-order valence-corrected chi connectivity index (χ0v) is 18.7. The number of thiocarbonyl (C=S) groups is 1. The number of pyridine rings is 1. The number of aromatic nitrogens is 1. The number of hydrogen-bond acceptors (Lipinski definition) is 7. The average molecular weight is 435 g/mol. The number of amides is 1. The van der Waals surface area contributed by atoms with Crippen molar-refractivity contribution >= 4 is 45.4 Å². The van der Waals surface area contributed by atoms with Gasteiger partial charge in [-0.3, -0.25) is 9.88 Å². The van der Waals surface area contributed by atoms with Gasteiger partial charge in [0.25, 0.3) is 0 Å². The third kappa shape index (κ3) is 5.38. The molecule has 1 saturated heterocycles. The first-order valence-corrected chi connectivity index (χ1v) is 11.1. The Morgan fingerprint density at radius 1 is 1.34 bits per heavy atom. The maximum atomic E-state index is 12.9. The Morgan fingerprint density at radius 2 is 2.14 bits per heavy atom. The Hall–Kier alpha value is -1.90. The summed E-state index contributed by atoms with van der Waals surface area (Å²) >= 11 is 6.72. The van der Waals surface area contributed by atoms with E-state index in [1.165, 1.54) is 11.8 Å². The first-order valence-electron chi connectivity index (χ1n) is 9.46. The molecule has 1 aliphatic rings. The predicted molar refractivity (Wildman–Crippen MR) is 119 cm³/mol. The second kappa shape index (κ2) is 9.28. The monoisotopic (exact) mass is 434 g/mol. The van der Waals surface area contributed by atoms with Crippen molar-refractivity contribution in [3.63, 3.8) is 0 Å². The Bertz CT molecular complexity index is 879. The summed E-state index contributed by atoms with van der Waals surface area (Å²) < 4.78 is 18.0. The number of carbonyl (C=O) groups excluding carboxylic acids is 1. The van der Waals surface area contributed by atoms with Gasteiger partial charge in [-0.1, -0.05) is 30.0 Å². The van der Waals surface area contributed by atoms with Gasteiger partial charge in [0.2, 0.25) is 4.38 Å². The van der Waals surface area contributed by atoms with Gasteiger partial charge in [0.05, 0.1) is 24.8 Å². The highest BCUT2D eigenvalue weighted by Crippen LogP contribution is 2.34. The van der Waals surface area contributed by atoms with Gasteiger partial charge in [0.1, 0.15) is 11.7 Å². The van der Waals surface area contributed by atoms with Crippen LogP contribution in [0.5, 0.6) is 0 Å². The number of nitrogens with zero attached hydrogens (tertiary/aromatic N) is 2. The number of carbonyl (C=O) groups is 1. The Kier molecular flexibility index (Phi) is 6.97. The molecule has 2 atom stereocenters. The molecular weight excluding hydrogens is 408 g/mol. The lowest BCUT2D eigenvalue weighted by Gasteiger charge is -2.40. The number of ether oxygens (including phenoxy) is 3. The fourth-order valence-corrected chi connectivity index (χ4v) is 3.60. The van der Waals surface area contributed by atoms with E-state index >= 15 is 0 Å². The molecule has 0 bridgehead atoms. The smallest absolute Gasteiger partial charge is 0.410 e. The van der Waals surface area contributed by atoms with Gasteiger partial charge in [-0.2, -0.15) is 0 Å². The van der Waals surface area contributed by atoms with E-state index in [-0.39, 0.29) is 12.1 Å². The van der Waals surface area contributed by atoms with Crippen LogP contribution in [0.3, 0.4) is 0 Å². The molecule has 1 fully saturated rings. The molecule has 2 unspecified atom stereocenters. The number of thioether (sulfide) groups is 1. The van der Waals surface area contributed by atoms with E-state index in [1.807, 2.05) is 57.4 Å². The minimum Gasteiger partial charge on any atom is -0.468 e. The van der Waals surface area contributed by atoms with E-state index in [9.17, 15) is 4.79 Å². The molecular formula is C21H26N2O4S2. The first-order chi connectivity index (χ1) is 13.8. The van der Waals surface area contributed by atoms with Gasteiger partial charge >= 0.3 is 6.09 Å². The molecule has 0 radical (unpaired) electrons. The lowest BCUT2D eigenvalue weighted by molar-refractivity contribution is -0.0625. The molecule has 3 rings (SSSR count). The van der Waals surface area contributed by atoms with Crippen molar-refractivity contribution in [3.8, 4) is 0 Å². The molecule has 156 valence electrons. The number of fused-ring (bicyclic) bond motifs is 1. The van der Waals surface area contributed by atoms with Gasteiger partial charge < -0.3 is 14.2 Å². The quantitative estimate of drug-likeness (QED) is 0.656. The summed E-state index contributed by atoms with van der Waals surface area (Å²) in [7, 11) is 0. The van der Waals surface area contributed by atoms with E-state index < -0.39 is 11.7 Å². The molecule has 0 N–H and O–H groups in total. The average Bonchev–Trinajstić information content (AvgIpc) is 2.70. The summed E-state index contributed by atoms with van der Waals surface area (Å²) in [4.78, 5) is 19.1. The van der Waals surface area contributed by atoms with E-state index in [0.29, 0.717) is 24.1 Å². The van der Waals surface area contributed by atoms with Gasteiger partial charge in [0.15, 0.2) is 0 Å². The van der Waals surface area contributed by atoms with Crippen LogP contribution < -0.4 is 0 Å². The predicted octanol–water partition coefficient (Wildman–Crippen LogP) is 4.58. The molecule has 0 aliphatic carbocycles. The summed E-state index contributed by atoms with van der Waals surface area (Å²) in [5, 5.41) is 0.957. The summed E-state index contributed by atoms with van der Waals surface area (Å²) in [5.41, 5.74) is 1.18. The summed E-state index contributed by atoms with van der Waals surface area (Å²) in [6.45, 7) is 6.77. The Balaban J connectivity index is 2.02. The summed E-state index contributed by atoms with van der Waals surface area (Å²) in [6.07, 6.45) is 2.74. The molecule has 0 spiro atoms. The highest BCUT2D eigenvalue weighted by Gasteiger charge is 2.39. The van der Waals surface area contributed by atoms with Crippen LogP contribution in [0.4, 0.5) is 4.79 Å². The molecule has 29 heavy (non-hydrogen) atoms. The molecule has 2 aromatic rings. The number of benzene rings is 1. The van der Waals surface area contributed by atoms with E-state index in [4.69, 9.17) is 26.4 Å². The maximum absolute atomic E-state index is 12.9. The summed E-state index contributed by atoms with van der Waals surface area (Å²) in [5.74, 6) is 0. The highest BCUT2D eigenvalue weighted by molar-refractivity contribution is 8.22. The lowest BCUT2D eigenvalue weighted by atomic mass is 9.96. The normalized spacial score (nSPS) is 18.3. The van der Waals surface area contributed by atoms with Gasteiger partial charge in [0, 0.05) is 23.7 Å². The van der Waals surface area contributed by atoms with Crippen LogP contribution >= 0.6 is 24.0 Å². The SMILES string of the molecule is CSC(=S)OC(c1cccc2ncccc12)C1COCCN1C(=O)OC(C)(C)C. The zero-order valence-electron chi connectivity index (χ0n) is 17.1. The molecule has 1 aromatic heterocycles. The number of hydrogen-bond donors (Lipinski definition) is 0. The minimum atomic E-state index is -0.589. The third-order valence-corrected chi connectivity index (χ3v) is 5.54. The van der Waals surface area contributed by atoms with Crippen LogP contribution in [-0.2, 0) is 14.2 Å². The number of morpholine rings is 1. The Morgan fingerprint density at radius 3 is 2.86 bits per heavy atom. The first kappa shape index (κ1) is 21.8. The molecule has 2 heterocycles. The van der Waals surface area contributed by atoms with Crippen LogP contribution in [-0.4, -0.2) is 58.0 Å². The van der Waals surface area contributed by atoms with Crippen LogP contribution in [0.2, 0.25) is 0 Å². The number of rotatable bonds is 3. The largest absolute Gasteiger partial charge is 0.468 e. The van der Waals surface area contributed by atoms with Crippen LogP contribution in [0.1, 0.15) is 32.4 Å². The van der Waals surface area contributed by atoms with Crippen LogP contribution in [0, 0.1) is 0 Å². The van der Waals surface area contributed by atoms with E-state index in [0.717, 1.165) is 16.5 Å². The van der Waals surface area contributed by atoms with Crippen LogP contribution in [0.25, 0.3) is 10.9 Å². The maximum Gasteiger partial charge on any atom is 0.410 e. The zero-order chi connectivity index (χ0) is 21.0. The van der Waals surface area contributed by atoms with Crippen molar-refractivity contribution in [1.82, 2.24) is 9.88 Å². The molecule has 0 saturated carbocycles. The minimum absolute atomic E-state index is 0.331. The molecule has 1 aliphatic heterocycles. The Labute approximate surface area is 180 Å². The fourth-order valence-electron chi connectivity index (χ4n) is 3.30. The lowest BCUT2D eigenvalue weighted by Crippen LogP contribution is -2.53. The fraction of sp³-hybridized carbons (Fsp3) is 0.476. The standard InChI is InChI=1S/C21H26N2O4S2/c1-21(2,3)27-19(24)23-11-12-25-13-17(23)18(26-20(28)29-4)15-7-5-9-16-14(15)8-6-10-22-16/h5-10,17-18H,11-13H2,1-4H3.